The number of thiophene rings is 1. The maximum Gasteiger partial charge on any atom is 0.146 e. The fourth-order valence-electron chi connectivity index (χ4n) is 2.22. The Balaban J connectivity index is 2.35. The molecule has 2 heterocycles. The van der Waals surface area contributed by atoms with E-state index in [1.54, 1.807) is 11.3 Å². The zero-order chi connectivity index (χ0) is 15.4. The first-order valence-electron chi connectivity index (χ1n) is 7.12. The van der Waals surface area contributed by atoms with Crippen LogP contribution in [-0.2, 0) is 6.54 Å². The Kier molecular flexibility index (Phi) is 5.10. The van der Waals surface area contributed by atoms with Gasteiger partial charge in [0, 0.05) is 24.4 Å². The molecule has 0 saturated heterocycles. The second-order valence-electron chi connectivity index (χ2n) is 5.13. The second-order valence-corrected chi connectivity index (χ2v) is 6.33. The van der Waals surface area contributed by atoms with Gasteiger partial charge in [-0.2, -0.15) is 5.26 Å². The number of rotatable bonds is 6. The Hall–Kier alpha value is -1.71. The third kappa shape index (κ3) is 3.49. The molecule has 0 aromatic carbocycles. The van der Waals surface area contributed by atoms with Gasteiger partial charge in [0.25, 0.3) is 0 Å². The van der Waals surface area contributed by atoms with Gasteiger partial charge >= 0.3 is 0 Å². The largest absolute Gasteiger partial charge is 0.370 e. The van der Waals surface area contributed by atoms with Crippen LogP contribution in [0.2, 0.25) is 0 Å². The molecule has 0 saturated carbocycles. The van der Waals surface area contributed by atoms with E-state index in [4.69, 9.17) is 10.2 Å². The van der Waals surface area contributed by atoms with Gasteiger partial charge in [0.1, 0.15) is 16.5 Å². The first-order chi connectivity index (χ1) is 10.1. The molecule has 0 radical (unpaired) electrons. The highest BCUT2D eigenvalue weighted by Crippen LogP contribution is 2.33. The first kappa shape index (κ1) is 15.7. The fraction of sp³-hybridized carbons (Fsp3) is 0.533. The van der Waals surface area contributed by atoms with Gasteiger partial charge in [0.15, 0.2) is 0 Å². The van der Waals surface area contributed by atoms with E-state index >= 15 is 0 Å². The highest BCUT2D eigenvalue weighted by molar-refractivity contribution is 7.18. The Labute approximate surface area is 129 Å². The molecule has 0 aliphatic heterocycles. The minimum absolute atomic E-state index is 0.524. The normalized spacial score (nSPS) is 11.0. The van der Waals surface area contributed by atoms with Gasteiger partial charge < -0.3 is 5.32 Å². The number of hydrogen-bond acceptors (Lipinski definition) is 6. The minimum atomic E-state index is 0.524. The smallest absolute Gasteiger partial charge is 0.146 e. The van der Waals surface area contributed by atoms with Crippen LogP contribution in [0.25, 0.3) is 10.2 Å². The molecule has 0 atom stereocenters. The molecule has 112 valence electrons. The Bertz CT molecular complexity index is 671. The quantitative estimate of drug-likeness (QED) is 0.888. The third-order valence-electron chi connectivity index (χ3n) is 3.44. The molecule has 5 nitrogen and oxygen atoms in total. The minimum Gasteiger partial charge on any atom is -0.370 e. The van der Waals surface area contributed by atoms with E-state index in [2.05, 4.69) is 42.0 Å². The average molecular weight is 303 g/mol. The molecule has 2 aromatic heterocycles. The highest BCUT2D eigenvalue weighted by Gasteiger charge is 2.14. The number of aryl methyl sites for hydroxylation is 2. The number of nitrogens with one attached hydrogen (secondary N) is 1. The van der Waals surface area contributed by atoms with Crippen molar-refractivity contribution in [2.75, 3.05) is 25.5 Å². The summed E-state index contributed by atoms with van der Waals surface area (Å²) < 4.78 is 0. The van der Waals surface area contributed by atoms with Crippen LogP contribution in [0.15, 0.2) is 0 Å². The van der Waals surface area contributed by atoms with Gasteiger partial charge in [-0.15, -0.1) is 11.3 Å². The number of aromatic nitrogens is 2. The van der Waals surface area contributed by atoms with Crippen LogP contribution in [0, 0.1) is 25.2 Å². The van der Waals surface area contributed by atoms with Gasteiger partial charge in [-0.1, -0.05) is 0 Å². The van der Waals surface area contributed by atoms with Gasteiger partial charge in [0.2, 0.25) is 0 Å². The molecule has 0 unspecified atom stereocenters. The van der Waals surface area contributed by atoms with Crippen molar-refractivity contribution in [3.63, 3.8) is 0 Å². The zero-order valence-corrected chi connectivity index (χ0v) is 13.8. The standard InChI is InChI=1S/C15H21N5S/c1-5-17-14-13-10(2)11(3)21-15(13)19-12(18-14)9-20(4)8-6-7-16/h5-6,8-9H2,1-4H3,(H,17,18,19). The number of fused-ring (bicyclic) bond motifs is 1. The maximum atomic E-state index is 8.65. The van der Waals surface area contributed by atoms with E-state index < -0.39 is 0 Å². The lowest BCUT2D eigenvalue weighted by Crippen LogP contribution is -2.20. The fourth-order valence-corrected chi connectivity index (χ4v) is 3.27. The van der Waals surface area contributed by atoms with E-state index in [9.17, 15) is 0 Å². The van der Waals surface area contributed by atoms with Crippen LogP contribution in [0.3, 0.4) is 0 Å². The van der Waals surface area contributed by atoms with Gasteiger partial charge in [-0.25, -0.2) is 9.97 Å². The molecule has 2 aromatic rings. The molecule has 0 spiro atoms. The summed E-state index contributed by atoms with van der Waals surface area (Å²) in [6.45, 7) is 8.54. The lowest BCUT2D eigenvalue weighted by molar-refractivity contribution is 0.327. The van der Waals surface area contributed by atoms with Crippen LogP contribution < -0.4 is 5.32 Å². The Morgan fingerprint density at radius 1 is 1.33 bits per heavy atom. The first-order valence-corrected chi connectivity index (χ1v) is 7.94. The third-order valence-corrected chi connectivity index (χ3v) is 4.54. The van der Waals surface area contributed by atoms with Crippen LogP contribution >= 0.6 is 11.3 Å². The van der Waals surface area contributed by atoms with E-state index in [-0.39, 0.29) is 0 Å². The van der Waals surface area contributed by atoms with Crippen molar-refractivity contribution >= 4 is 27.4 Å². The van der Waals surface area contributed by atoms with Crippen LogP contribution in [-0.4, -0.2) is 35.0 Å². The van der Waals surface area contributed by atoms with Gasteiger partial charge in [-0.3, -0.25) is 4.90 Å². The van der Waals surface area contributed by atoms with Crippen molar-refractivity contribution in [3.05, 3.63) is 16.3 Å². The summed E-state index contributed by atoms with van der Waals surface area (Å²) in [6.07, 6.45) is 0.524. The summed E-state index contributed by atoms with van der Waals surface area (Å²) in [5.41, 5.74) is 1.26. The second kappa shape index (κ2) is 6.83. The lowest BCUT2D eigenvalue weighted by atomic mass is 10.2. The molecular weight excluding hydrogens is 282 g/mol. The molecule has 21 heavy (non-hydrogen) atoms. The summed E-state index contributed by atoms with van der Waals surface area (Å²) in [6, 6.07) is 2.16. The summed E-state index contributed by atoms with van der Waals surface area (Å²) in [4.78, 5) is 13.8. The molecule has 6 heteroatoms. The van der Waals surface area contributed by atoms with Crippen LogP contribution in [0.4, 0.5) is 5.82 Å². The summed E-state index contributed by atoms with van der Waals surface area (Å²) >= 11 is 1.72. The Morgan fingerprint density at radius 2 is 2.10 bits per heavy atom. The predicted molar refractivity (Wildman–Crippen MR) is 87.6 cm³/mol. The summed E-state index contributed by atoms with van der Waals surface area (Å²) in [5, 5.41) is 13.1. The summed E-state index contributed by atoms with van der Waals surface area (Å²) in [5.74, 6) is 1.73. The van der Waals surface area contributed by atoms with Crippen molar-refractivity contribution in [3.8, 4) is 6.07 Å². The van der Waals surface area contributed by atoms with Crippen molar-refractivity contribution in [1.82, 2.24) is 14.9 Å². The molecule has 1 N–H and O–H groups in total. The van der Waals surface area contributed by atoms with E-state index in [1.807, 2.05) is 7.05 Å². The van der Waals surface area contributed by atoms with Crippen molar-refractivity contribution in [2.24, 2.45) is 0 Å². The zero-order valence-electron chi connectivity index (χ0n) is 13.0. The van der Waals surface area contributed by atoms with Crippen molar-refractivity contribution < 1.29 is 0 Å². The van der Waals surface area contributed by atoms with Crippen molar-refractivity contribution in [2.45, 2.75) is 33.7 Å². The molecule has 0 aliphatic carbocycles. The summed E-state index contributed by atoms with van der Waals surface area (Å²) in [7, 11) is 1.99. The number of hydrogen-bond donors (Lipinski definition) is 1. The maximum absolute atomic E-state index is 8.65. The van der Waals surface area contributed by atoms with Gasteiger partial charge in [0.05, 0.1) is 18.0 Å². The molecule has 0 fully saturated rings. The highest BCUT2D eigenvalue weighted by atomic mass is 32.1. The SMILES string of the molecule is CCNc1nc(CN(C)CCC#N)nc2sc(C)c(C)c12. The lowest BCUT2D eigenvalue weighted by Gasteiger charge is -2.14. The number of anilines is 1. The molecule has 0 aliphatic rings. The average Bonchev–Trinajstić information content (AvgIpc) is 2.72. The number of nitriles is 1. The monoisotopic (exact) mass is 303 g/mol. The molecular formula is C15H21N5S. The molecule has 0 bridgehead atoms. The molecule has 2 rings (SSSR count). The van der Waals surface area contributed by atoms with E-state index in [0.717, 1.165) is 34.9 Å². The Morgan fingerprint density at radius 3 is 2.76 bits per heavy atom. The van der Waals surface area contributed by atoms with E-state index in [1.165, 1.54) is 10.4 Å². The van der Waals surface area contributed by atoms with Crippen LogP contribution in [0.5, 0.6) is 0 Å². The molecule has 0 amide bonds. The topological polar surface area (TPSA) is 64.8 Å². The van der Waals surface area contributed by atoms with Crippen molar-refractivity contribution in [1.29, 1.82) is 5.26 Å². The van der Waals surface area contributed by atoms with E-state index in [0.29, 0.717) is 13.0 Å². The van der Waals surface area contributed by atoms with Crippen LogP contribution in [0.1, 0.15) is 29.6 Å². The van der Waals surface area contributed by atoms with Gasteiger partial charge in [-0.05, 0) is 33.4 Å². The predicted octanol–water partition coefficient (Wildman–Crippen LogP) is 3.09. The number of nitrogens with zero attached hydrogens (tertiary/aromatic N) is 4.